The number of nitrogens with zero attached hydrogens (tertiary/aromatic N) is 3. The molecule has 0 bridgehead atoms. The Morgan fingerprint density at radius 3 is 2.68 bits per heavy atom. The molecular formula is C26H29ClN4O2S. The number of nitrogens with one attached hydrogen (secondary N) is 1. The van der Waals surface area contributed by atoms with E-state index < -0.39 is 0 Å². The van der Waals surface area contributed by atoms with Crippen molar-refractivity contribution in [2.75, 3.05) is 26.2 Å². The molecule has 1 aliphatic heterocycles. The molecule has 1 atom stereocenters. The van der Waals surface area contributed by atoms with Crippen LogP contribution in [-0.2, 0) is 0 Å². The molecule has 178 valence electrons. The van der Waals surface area contributed by atoms with E-state index in [1.807, 2.05) is 24.3 Å². The third kappa shape index (κ3) is 7.19. The van der Waals surface area contributed by atoms with Crippen molar-refractivity contribution in [2.45, 2.75) is 36.1 Å². The third-order valence-electron chi connectivity index (χ3n) is 5.67. The van der Waals surface area contributed by atoms with E-state index in [1.54, 1.807) is 36.7 Å². The van der Waals surface area contributed by atoms with Crippen molar-refractivity contribution in [1.29, 1.82) is 0 Å². The molecule has 1 amide bonds. The Bertz CT molecular complexity index is 1080. The van der Waals surface area contributed by atoms with Crippen molar-refractivity contribution >= 4 is 29.3 Å². The molecule has 1 aromatic heterocycles. The van der Waals surface area contributed by atoms with Crippen molar-refractivity contribution in [3.8, 4) is 11.6 Å². The van der Waals surface area contributed by atoms with E-state index in [2.05, 4.69) is 27.1 Å². The average Bonchev–Trinajstić information content (AvgIpc) is 2.85. The van der Waals surface area contributed by atoms with Gasteiger partial charge in [0.25, 0.3) is 11.8 Å². The van der Waals surface area contributed by atoms with Gasteiger partial charge in [-0.15, -0.1) is 0 Å². The monoisotopic (exact) mass is 496 g/mol. The van der Waals surface area contributed by atoms with E-state index in [0.29, 0.717) is 33.8 Å². The number of aromatic nitrogens is 2. The summed E-state index contributed by atoms with van der Waals surface area (Å²) in [6.07, 6.45) is 6.78. The summed E-state index contributed by atoms with van der Waals surface area (Å²) in [6.45, 7) is 6.36. The predicted molar refractivity (Wildman–Crippen MR) is 136 cm³/mol. The number of piperidine rings is 1. The van der Waals surface area contributed by atoms with Crippen LogP contribution in [0.5, 0.6) is 11.6 Å². The van der Waals surface area contributed by atoms with Gasteiger partial charge in [-0.05, 0) is 86.8 Å². The van der Waals surface area contributed by atoms with Crippen LogP contribution in [0.15, 0.2) is 70.8 Å². The largest absolute Gasteiger partial charge is 0.437 e. The number of benzene rings is 2. The predicted octanol–water partition coefficient (Wildman–Crippen LogP) is 5.93. The first-order valence-electron chi connectivity index (χ1n) is 11.6. The summed E-state index contributed by atoms with van der Waals surface area (Å²) in [6, 6.07) is 14.6. The van der Waals surface area contributed by atoms with E-state index >= 15 is 0 Å². The number of carbonyl (C=O) groups excluding carboxylic acids is 1. The van der Waals surface area contributed by atoms with Gasteiger partial charge in [0, 0.05) is 41.0 Å². The van der Waals surface area contributed by atoms with E-state index in [-0.39, 0.29) is 5.91 Å². The zero-order valence-corrected chi connectivity index (χ0v) is 20.8. The standard InChI is InChI=1S/C26H29ClN4O2S/c1-19-4-2-16-31(18-19)17-3-13-28-24(32)20-5-9-22(10-6-20)33-25-26(30-15-14-29-25)34-23-11-7-21(27)8-12-23/h5-12,14-15,19H,2-4,13,16-18H2,1H3,(H,28,32)/t19-/m0/s1. The summed E-state index contributed by atoms with van der Waals surface area (Å²) in [5, 5.41) is 4.35. The van der Waals surface area contributed by atoms with Crippen LogP contribution in [0.4, 0.5) is 0 Å². The number of hydrogen-bond donors (Lipinski definition) is 1. The van der Waals surface area contributed by atoms with E-state index in [0.717, 1.165) is 23.8 Å². The van der Waals surface area contributed by atoms with Gasteiger partial charge in [-0.25, -0.2) is 9.97 Å². The Morgan fingerprint density at radius 2 is 1.91 bits per heavy atom. The summed E-state index contributed by atoms with van der Waals surface area (Å²) in [4.78, 5) is 24.7. The summed E-state index contributed by atoms with van der Waals surface area (Å²) < 4.78 is 5.96. The van der Waals surface area contributed by atoms with E-state index in [4.69, 9.17) is 16.3 Å². The van der Waals surface area contributed by atoms with E-state index in [9.17, 15) is 4.79 Å². The van der Waals surface area contributed by atoms with Crippen LogP contribution in [0.2, 0.25) is 5.02 Å². The molecule has 1 N–H and O–H groups in total. The summed E-state index contributed by atoms with van der Waals surface area (Å²) in [5.41, 5.74) is 0.605. The normalized spacial score (nSPS) is 16.2. The second-order valence-electron chi connectivity index (χ2n) is 8.51. The second-order valence-corrected chi connectivity index (χ2v) is 10.0. The van der Waals surface area contributed by atoms with Crippen molar-refractivity contribution in [2.24, 2.45) is 5.92 Å². The van der Waals surface area contributed by atoms with Gasteiger partial charge in [0.1, 0.15) is 5.75 Å². The molecule has 1 aliphatic rings. The second kappa shape index (κ2) is 12.2. The molecule has 8 heteroatoms. The molecule has 3 aromatic rings. The lowest BCUT2D eigenvalue weighted by atomic mass is 10.0. The first-order chi connectivity index (χ1) is 16.6. The molecule has 0 spiro atoms. The highest BCUT2D eigenvalue weighted by Gasteiger charge is 2.16. The lowest BCUT2D eigenvalue weighted by Crippen LogP contribution is -2.36. The molecule has 2 heterocycles. The summed E-state index contributed by atoms with van der Waals surface area (Å²) in [7, 11) is 0. The number of hydrogen-bond acceptors (Lipinski definition) is 6. The maximum absolute atomic E-state index is 12.5. The topological polar surface area (TPSA) is 67.4 Å². The molecule has 0 saturated carbocycles. The molecule has 0 aliphatic carbocycles. The highest BCUT2D eigenvalue weighted by atomic mass is 35.5. The quantitative estimate of drug-likeness (QED) is 0.370. The Morgan fingerprint density at radius 1 is 1.15 bits per heavy atom. The summed E-state index contributed by atoms with van der Waals surface area (Å²) in [5.74, 6) is 1.70. The van der Waals surface area contributed by atoms with Crippen LogP contribution in [0, 0.1) is 5.92 Å². The minimum absolute atomic E-state index is 0.0722. The fraction of sp³-hybridized carbons (Fsp3) is 0.346. The number of likely N-dealkylation sites (tertiary alicyclic amines) is 1. The minimum atomic E-state index is -0.0722. The van der Waals surface area contributed by atoms with Gasteiger partial charge in [0.05, 0.1) is 0 Å². The van der Waals surface area contributed by atoms with Gasteiger partial charge in [-0.3, -0.25) is 4.79 Å². The van der Waals surface area contributed by atoms with E-state index in [1.165, 1.54) is 37.7 Å². The summed E-state index contributed by atoms with van der Waals surface area (Å²) >= 11 is 7.42. The number of carbonyl (C=O) groups is 1. The fourth-order valence-electron chi connectivity index (χ4n) is 3.95. The lowest BCUT2D eigenvalue weighted by Gasteiger charge is -2.30. The Kier molecular flexibility index (Phi) is 8.79. The van der Waals surface area contributed by atoms with Crippen molar-refractivity contribution in [3.05, 3.63) is 71.5 Å². The molecule has 34 heavy (non-hydrogen) atoms. The van der Waals surface area contributed by atoms with Gasteiger partial charge in [0.2, 0.25) is 0 Å². The van der Waals surface area contributed by atoms with Crippen molar-refractivity contribution in [3.63, 3.8) is 0 Å². The lowest BCUT2D eigenvalue weighted by molar-refractivity contribution is 0.0950. The Hall–Kier alpha value is -2.61. The molecule has 0 unspecified atom stereocenters. The minimum Gasteiger partial charge on any atom is -0.437 e. The van der Waals surface area contributed by atoms with Crippen molar-refractivity contribution in [1.82, 2.24) is 20.2 Å². The molecule has 6 nitrogen and oxygen atoms in total. The SMILES string of the molecule is C[C@H]1CCCN(CCCNC(=O)c2ccc(Oc3nccnc3Sc3ccc(Cl)cc3)cc2)C1. The Balaban J connectivity index is 1.28. The maximum Gasteiger partial charge on any atom is 0.252 e. The van der Waals surface area contributed by atoms with Gasteiger partial charge in [-0.1, -0.05) is 30.3 Å². The van der Waals surface area contributed by atoms with Gasteiger partial charge in [0.15, 0.2) is 5.03 Å². The average molecular weight is 497 g/mol. The molecule has 1 saturated heterocycles. The fourth-order valence-corrected chi connectivity index (χ4v) is 4.87. The number of ether oxygens (including phenoxy) is 1. The highest BCUT2D eigenvalue weighted by Crippen LogP contribution is 2.34. The van der Waals surface area contributed by atoms with Gasteiger partial charge in [-0.2, -0.15) is 0 Å². The first-order valence-corrected chi connectivity index (χ1v) is 12.8. The highest BCUT2D eigenvalue weighted by molar-refractivity contribution is 7.99. The maximum atomic E-state index is 12.5. The zero-order chi connectivity index (χ0) is 23.8. The zero-order valence-electron chi connectivity index (χ0n) is 19.2. The van der Waals surface area contributed by atoms with Crippen LogP contribution >= 0.6 is 23.4 Å². The van der Waals surface area contributed by atoms with Gasteiger partial charge >= 0.3 is 0 Å². The van der Waals surface area contributed by atoms with Crippen LogP contribution in [-0.4, -0.2) is 47.0 Å². The number of rotatable bonds is 9. The number of amides is 1. The third-order valence-corrected chi connectivity index (χ3v) is 6.90. The smallest absolute Gasteiger partial charge is 0.252 e. The molecule has 1 fully saturated rings. The Labute approximate surface area is 210 Å². The molecular weight excluding hydrogens is 468 g/mol. The van der Waals surface area contributed by atoms with Crippen LogP contribution < -0.4 is 10.1 Å². The van der Waals surface area contributed by atoms with Gasteiger partial charge < -0.3 is 15.0 Å². The number of halogens is 1. The molecule has 4 rings (SSSR count). The first kappa shape index (κ1) is 24.5. The van der Waals surface area contributed by atoms with Crippen LogP contribution in [0.1, 0.15) is 36.5 Å². The molecule has 2 aromatic carbocycles. The van der Waals surface area contributed by atoms with Crippen LogP contribution in [0.25, 0.3) is 0 Å². The molecule has 0 radical (unpaired) electrons. The van der Waals surface area contributed by atoms with Crippen LogP contribution in [0.3, 0.4) is 0 Å². The van der Waals surface area contributed by atoms with Crippen molar-refractivity contribution < 1.29 is 9.53 Å².